The maximum Gasteiger partial charge on any atom is 0.303 e. The third-order valence-corrected chi connectivity index (χ3v) is 3.79. The van der Waals surface area contributed by atoms with Crippen LogP contribution in [0.1, 0.15) is 30.3 Å². The van der Waals surface area contributed by atoms with Crippen LogP contribution in [0, 0.1) is 6.92 Å². The maximum atomic E-state index is 10.6. The van der Waals surface area contributed by atoms with Crippen molar-refractivity contribution in [3.05, 3.63) is 46.5 Å². The Balaban J connectivity index is 2.22. The lowest BCUT2D eigenvalue weighted by Gasteiger charge is -2.14. The summed E-state index contributed by atoms with van der Waals surface area (Å²) in [6, 6.07) is 5.53. The van der Waals surface area contributed by atoms with Crippen LogP contribution in [0.5, 0.6) is 0 Å². The minimum atomic E-state index is -0.829. The normalized spacial score (nSPS) is 12.3. The molecule has 1 heterocycles. The molecule has 2 aromatic rings. The van der Waals surface area contributed by atoms with Gasteiger partial charge in [-0.2, -0.15) is 0 Å². The second-order valence-electron chi connectivity index (χ2n) is 4.59. The van der Waals surface area contributed by atoms with Gasteiger partial charge in [-0.3, -0.25) is 4.79 Å². The van der Waals surface area contributed by atoms with Gasteiger partial charge in [-0.05, 0) is 47.0 Å². The number of imidazole rings is 1. The van der Waals surface area contributed by atoms with Crippen molar-refractivity contribution in [3.63, 3.8) is 0 Å². The summed E-state index contributed by atoms with van der Waals surface area (Å²) in [6.07, 6.45) is 4.13. The number of rotatable bonds is 5. The van der Waals surface area contributed by atoms with Gasteiger partial charge in [0.25, 0.3) is 0 Å². The van der Waals surface area contributed by atoms with Gasteiger partial charge in [0.15, 0.2) is 0 Å². The number of aliphatic carboxylic acids is 1. The van der Waals surface area contributed by atoms with Crippen molar-refractivity contribution in [1.82, 2.24) is 9.55 Å². The van der Waals surface area contributed by atoms with Crippen LogP contribution in [0.3, 0.4) is 0 Å². The number of carbonyl (C=O) groups is 1. The molecule has 0 aliphatic heterocycles. The fraction of sp³-hybridized carbons (Fsp3) is 0.286. The molecule has 1 atom stereocenters. The first-order valence-electron chi connectivity index (χ1n) is 6.26. The van der Waals surface area contributed by atoms with Crippen LogP contribution < -0.4 is 5.73 Å². The molecule has 1 aromatic heterocycles. The highest BCUT2D eigenvalue weighted by molar-refractivity contribution is 9.10. The molecule has 0 radical (unpaired) electrons. The summed E-state index contributed by atoms with van der Waals surface area (Å²) in [5, 5.41) is 8.69. The Kier molecular flexibility index (Phi) is 4.57. The first-order chi connectivity index (χ1) is 9.49. The van der Waals surface area contributed by atoms with E-state index in [1.54, 1.807) is 6.20 Å². The molecule has 0 aliphatic carbocycles. The van der Waals surface area contributed by atoms with E-state index >= 15 is 0 Å². The van der Waals surface area contributed by atoms with E-state index in [2.05, 4.69) is 20.9 Å². The second-order valence-corrected chi connectivity index (χ2v) is 5.45. The van der Waals surface area contributed by atoms with E-state index in [0.717, 1.165) is 21.5 Å². The van der Waals surface area contributed by atoms with Crippen LogP contribution in [-0.4, -0.2) is 20.6 Å². The van der Waals surface area contributed by atoms with E-state index in [0.29, 0.717) is 6.42 Å². The van der Waals surface area contributed by atoms with Crippen LogP contribution in [0.2, 0.25) is 0 Å². The van der Waals surface area contributed by atoms with Gasteiger partial charge in [0.1, 0.15) is 5.82 Å². The topological polar surface area (TPSA) is 81.1 Å². The van der Waals surface area contributed by atoms with Crippen molar-refractivity contribution in [1.29, 1.82) is 0 Å². The minimum Gasteiger partial charge on any atom is -0.481 e. The largest absolute Gasteiger partial charge is 0.481 e. The van der Waals surface area contributed by atoms with Crippen LogP contribution >= 0.6 is 15.9 Å². The molecule has 0 fully saturated rings. The number of nitrogens with two attached hydrogens (primary N) is 1. The number of hydrogen-bond donors (Lipinski definition) is 2. The highest BCUT2D eigenvalue weighted by Gasteiger charge is 2.12. The van der Waals surface area contributed by atoms with Crippen LogP contribution in [0.15, 0.2) is 35.1 Å². The average Bonchev–Trinajstić information content (AvgIpc) is 2.82. The van der Waals surface area contributed by atoms with Crippen molar-refractivity contribution < 1.29 is 9.90 Å². The standard InChI is InChI=1S/C14H16BrN3O2/c1-9-17-6-7-18(9)13-4-2-10(8-11(13)15)12(16)3-5-14(19)20/h2,4,6-8,12H,3,5,16H2,1H3,(H,19,20). The summed E-state index contributed by atoms with van der Waals surface area (Å²) >= 11 is 3.53. The molecular formula is C14H16BrN3O2. The van der Waals surface area contributed by atoms with Gasteiger partial charge in [0.2, 0.25) is 0 Å². The number of carboxylic acids is 1. The Morgan fingerprint density at radius 1 is 1.55 bits per heavy atom. The molecule has 0 saturated heterocycles. The van der Waals surface area contributed by atoms with Gasteiger partial charge in [0, 0.05) is 29.3 Å². The summed E-state index contributed by atoms with van der Waals surface area (Å²) < 4.78 is 2.87. The molecule has 0 amide bonds. The van der Waals surface area contributed by atoms with E-state index < -0.39 is 5.97 Å². The summed E-state index contributed by atoms with van der Waals surface area (Å²) in [5.74, 6) is 0.0683. The monoisotopic (exact) mass is 337 g/mol. The molecule has 20 heavy (non-hydrogen) atoms. The summed E-state index contributed by atoms with van der Waals surface area (Å²) in [7, 11) is 0. The zero-order valence-electron chi connectivity index (χ0n) is 11.1. The third kappa shape index (κ3) is 3.26. The minimum absolute atomic E-state index is 0.0706. The molecule has 2 rings (SSSR count). The molecule has 0 spiro atoms. The van der Waals surface area contributed by atoms with E-state index in [9.17, 15) is 4.79 Å². The molecule has 1 aromatic carbocycles. The number of nitrogens with zero attached hydrogens (tertiary/aromatic N) is 2. The molecule has 0 bridgehead atoms. The van der Waals surface area contributed by atoms with Crippen molar-refractivity contribution >= 4 is 21.9 Å². The predicted molar refractivity (Wildman–Crippen MR) is 79.8 cm³/mol. The summed E-state index contributed by atoms with van der Waals surface area (Å²) in [4.78, 5) is 14.8. The van der Waals surface area contributed by atoms with Crippen molar-refractivity contribution in [2.45, 2.75) is 25.8 Å². The molecule has 3 N–H and O–H groups in total. The fourth-order valence-electron chi connectivity index (χ4n) is 2.03. The number of aromatic nitrogens is 2. The third-order valence-electron chi connectivity index (χ3n) is 3.15. The Morgan fingerprint density at radius 2 is 2.30 bits per heavy atom. The highest BCUT2D eigenvalue weighted by atomic mass is 79.9. The van der Waals surface area contributed by atoms with E-state index in [1.165, 1.54) is 0 Å². The number of halogens is 1. The quantitative estimate of drug-likeness (QED) is 0.878. The molecule has 1 unspecified atom stereocenters. The van der Waals surface area contributed by atoms with Crippen molar-refractivity contribution in [2.75, 3.05) is 0 Å². The van der Waals surface area contributed by atoms with Gasteiger partial charge in [-0.25, -0.2) is 4.98 Å². The van der Waals surface area contributed by atoms with Crippen molar-refractivity contribution in [3.8, 4) is 5.69 Å². The smallest absolute Gasteiger partial charge is 0.303 e. The zero-order chi connectivity index (χ0) is 14.7. The van der Waals surface area contributed by atoms with Crippen LogP contribution in [0.25, 0.3) is 5.69 Å². The predicted octanol–water partition coefficient (Wildman–Crippen LogP) is 2.81. The summed E-state index contributed by atoms with van der Waals surface area (Å²) in [5.41, 5.74) is 7.90. The molecular weight excluding hydrogens is 322 g/mol. The zero-order valence-corrected chi connectivity index (χ0v) is 12.7. The number of hydrogen-bond acceptors (Lipinski definition) is 3. The van der Waals surface area contributed by atoms with Gasteiger partial charge in [-0.1, -0.05) is 6.07 Å². The molecule has 6 heteroatoms. The van der Waals surface area contributed by atoms with Crippen LogP contribution in [-0.2, 0) is 4.79 Å². The molecule has 0 saturated carbocycles. The van der Waals surface area contributed by atoms with E-state index in [1.807, 2.05) is 35.9 Å². The second kappa shape index (κ2) is 6.19. The van der Waals surface area contributed by atoms with Gasteiger partial charge >= 0.3 is 5.97 Å². The van der Waals surface area contributed by atoms with Crippen LogP contribution in [0.4, 0.5) is 0 Å². The Labute approximate surface area is 125 Å². The van der Waals surface area contributed by atoms with Gasteiger partial charge in [0.05, 0.1) is 5.69 Å². The Bertz CT molecular complexity index is 625. The highest BCUT2D eigenvalue weighted by Crippen LogP contribution is 2.26. The SMILES string of the molecule is Cc1nccn1-c1ccc(C(N)CCC(=O)O)cc1Br. The fourth-order valence-corrected chi connectivity index (χ4v) is 2.61. The lowest BCUT2D eigenvalue weighted by molar-refractivity contribution is -0.137. The molecule has 106 valence electrons. The van der Waals surface area contributed by atoms with E-state index in [-0.39, 0.29) is 12.5 Å². The Morgan fingerprint density at radius 3 is 2.85 bits per heavy atom. The number of aryl methyl sites for hydroxylation is 1. The number of benzene rings is 1. The number of carboxylic acid groups (broad SMARTS) is 1. The van der Waals surface area contributed by atoms with Gasteiger partial charge in [-0.15, -0.1) is 0 Å². The van der Waals surface area contributed by atoms with E-state index in [4.69, 9.17) is 10.8 Å². The Hall–Kier alpha value is -1.66. The summed E-state index contributed by atoms with van der Waals surface area (Å²) in [6.45, 7) is 1.93. The van der Waals surface area contributed by atoms with Crippen molar-refractivity contribution in [2.24, 2.45) is 5.73 Å². The lowest BCUT2D eigenvalue weighted by Crippen LogP contribution is -2.12. The maximum absolute atomic E-state index is 10.6. The van der Waals surface area contributed by atoms with Gasteiger partial charge < -0.3 is 15.4 Å². The average molecular weight is 338 g/mol. The molecule has 0 aliphatic rings. The first-order valence-corrected chi connectivity index (χ1v) is 7.05. The molecule has 5 nitrogen and oxygen atoms in total. The first kappa shape index (κ1) is 14.7. The lowest BCUT2D eigenvalue weighted by atomic mass is 10.0.